The van der Waals surface area contributed by atoms with Crippen LogP contribution in [0.25, 0.3) is 0 Å². The molecule has 2 N–H and O–H groups in total. The van der Waals surface area contributed by atoms with Gasteiger partial charge in [-0.25, -0.2) is 4.98 Å². The zero-order valence-electron chi connectivity index (χ0n) is 10.8. The number of rotatable bonds is 5. The molecule has 0 unspecified atom stereocenters. The highest BCUT2D eigenvalue weighted by atomic mass is 32.1. The first-order valence-electron chi connectivity index (χ1n) is 6.02. The average molecular weight is 262 g/mol. The molecule has 96 valence electrons. The van der Waals surface area contributed by atoms with Crippen molar-refractivity contribution in [1.29, 1.82) is 0 Å². The third kappa shape index (κ3) is 3.31. The lowest BCUT2D eigenvalue weighted by Gasteiger charge is -2.06. The smallest absolute Gasteiger partial charge is 0.140 e. The molecule has 1 aromatic heterocycles. The molecular formula is C14H18N2OS. The predicted molar refractivity (Wildman–Crippen MR) is 75.1 cm³/mol. The van der Waals surface area contributed by atoms with E-state index in [1.54, 1.807) is 11.3 Å². The largest absolute Gasteiger partial charge is 0.486 e. The highest BCUT2D eigenvalue weighted by Crippen LogP contribution is 2.19. The van der Waals surface area contributed by atoms with Crippen molar-refractivity contribution in [2.75, 3.05) is 6.54 Å². The zero-order chi connectivity index (χ0) is 13.0. The topological polar surface area (TPSA) is 48.1 Å². The molecule has 3 nitrogen and oxygen atoms in total. The Labute approximate surface area is 112 Å². The van der Waals surface area contributed by atoms with Gasteiger partial charge < -0.3 is 10.5 Å². The highest BCUT2D eigenvalue weighted by Gasteiger charge is 2.03. The van der Waals surface area contributed by atoms with Crippen LogP contribution in [0.15, 0.2) is 23.6 Å². The Morgan fingerprint density at radius 1 is 1.28 bits per heavy atom. The van der Waals surface area contributed by atoms with Crippen LogP contribution in [0, 0.1) is 13.8 Å². The molecule has 2 rings (SSSR count). The monoisotopic (exact) mass is 262 g/mol. The summed E-state index contributed by atoms with van der Waals surface area (Å²) >= 11 is 1.62. The third-order valence-corrected chi connectivity index (χ3v) is 3.71. The van der Waals surface area contributed by atoms with E-state index >= 15 is 0 Å². The Hall–Kier alpha value is -1.39. The van der Waals surface area contributed by atoms with E-state index in [-0.39, 0.29) is 0 Å². The van der Waals surface area contributed by atoms with Gasteiger partial charge in [-0.3, -0.25) is 0 Å². The fourth-order valence-electron chi connectivity index (χ4n) is 1.63. The van der Waals surface area contributed by atoms with Gasteiger partial charge in [0.05, 0.1) is 5.69 Å². The van der Waals surface area contributed by atoms with Gasteiger partial charge in [0, 0.05) is 11.8 Å². The summed E-state index contributed by atoms with van der Waals surface area (Å²) in [4.78, 5) is 4.47. The Morgan fingerprint density at radius 2 is 2.11 bits per heavy atom. The van der Waals surface area contributed by atoms with Crippen LogP contribution in [0.3, 0.4) is 0 Å². The molecule has 2 aromatic rings. The molecule has 0 saturated heterocycles. The van der Waals surface area contributed by atoms with Gasteiger partial charge in [-0.05, 0) is 43.7 Å². The molecule has 0 atom stereocenters. The molecule has 0 spiro atoms. The Morgan fingerprint density at radius 3 is 2.83 bits per heavy atom. The number of hydrogen-bond donors (Lipinski definition) is 1. The van der Waals surface area contributed by atoms with Gasteiger partial charge in [0.1, 0.15) is 17.4 Å². The number of thiazole rings is 1. The Balaban J connectivity index is 1.95. The minimum absolute atomic E-state index is 0.526. The molecule has 18 heavy (non-hydrogen) atoms. The van der Waals surface area contributed by atoms with Crippen molar-refractivity contribution >= 4 is 11.3 Å². The number of ether oxygens (including phenoxy) is 1. The second-order valence-electron chi connectivity index (χ2n) is 4.31. The van der Waals surface area contributed by atoms with Gasteiger partial charge in [0.2, 0.25) is 0 Å². The molecule has 0 saturated carbocycles. The number of nitrogens with zero attached hydrogens (tertiary/aromatic N) is 1. The molecule has 0 radical (unpaired) electrons. The van der Waals surface area contributed by atoms with Gasteiger partial charge in [-0.15, -0.1) is 11.3 Å². The van der Waals surface area contributed by atoms with E-state index in [1.807, 2.05) is 11.4 Å². The first-order chi connectivity index (χ1) is 8.69. The summed E-state index contributed by atoms with van der Waals surface area (Å²) in [6, 6.07) is 6.13. The number of nitrogens with two attached hydrogens (primary N) is 1. The zero-order valence-corrected chi connectivity index (χ0v) is 11.6. The molecule has 4 heteroatoms. The molecule has 0 aliphatic carbocycles. The molecule has 0 amide bonds. The van der Waals surface area contributed by atoms with E-state index < -0.39 is 0 Å². The lowest BCUT2D eigenvalue weighted by Crippen LogP contribution is -2.03. The van der Waals surface area contributed by atoms with Crippen LogP contribution in [-0.2, 0) is 13.0 Å². The van der Waals surface area contributed by atoms with Crippen molar-refractivity contribution in [2.24, 2.45) is 5.73 Å². The lowest BCUT2D eigenvalue weighted by molar-refractivity contribution is 0.305. The van der Waals surface area contributed by atoms with Gasteiger partial charge in [0.25, 0.3) is 0 Å². The molecule has 1 aromatic carbocycles. The normalized spacial score (nSPS) is 10.6. The maximum absolute atomic E-state index is 5.74. The van der Waals surface area contributed by atoms with E-state index in [9.17, 15) is 0 Å². The molecule has 0 aliphatic heterocycles. The standard InChI is InChI=1S/C14H18N2OS/c1-10-3-4-13(7-11(10)2)17-8-14-16-12(5-6-15)9-18-14/h3-4,7,9H,5-6,8,15H2,1-2H3. The number of aromatic nitrogens is 1. The Bertz CT molecular complexity index is 522. The molecule has 0 aliphatic rings. The molecule has 0 fully saturated rings. The van der Waals surface area contributed by atoms with Crippen molar-refractivity contribution in [3.05, 3.63) is 45.4 Å². The summed E-state index contributed by atoms with van der Waals surface area (Å²) in [6.45, 7) is 5.35. The minimum atomic E-state index is 0.526. The second-order valence-corrected chi connectivity index (χ2v) is 5.25. The average Bonchev–Trinajstić information content (AvgIpc) is 2.79. The lowest BCUT2D eigenvalue weighted by atomic mass is 10.1. The summed E-state index contributed by atoms with van der Waals surface area (Å²) in [6.07, 6.45) is 0.833. The van der Waals surface area contributed by atoms with Crippen LogP contribution >= 0.6 is 11.3 Å². The summed E-state index contributed by atoms with van der Waals surface area (Å²) in [5.74, 6) is 0.897. The number of aryl methyl sites for hydroxylation is 2. The first-order valence-corrected chi connectivity index (χ1v) is 6.90. The van der Waals surface area contributed by atoms with Gasteiger partial charge in [0.15, 0.2) is 0 Å². The van der Waals surface area contributed by atoms with Crippen LogP contribution in [0.4, 0.5) is 0 Å². The van der Waals surface area contributed by atoms with Gasteiger partial charge in [-0.1, -0.05) is 6.07 Å². The van der Waals surface area contributed by atoms with Gasteiger partial charge in [-0.2, -0.15) is 0 Å². The van der Waals surface area contributed by atoms with Crippen LogP contribution < -0.4 is 10.5 Å². The van der Waals surface area contributed by atoms with E-state index in [2.05, 4.69) is 31.0 Å². The first kappa shape index (κ1) is 13.1. The fourth-order valence-corrected chi connectivity index (χ4v) is 2.37. The van der Waals surface area contributed by atoms with E-state index in [0.29, 0.717) is 13.2 Å². The maximum Gasteiger partial charge on any atom is 0.140 e. The quantitative estimate of drug-likeness (QED) is 0.901. The van der Waals surface area contributed by atoms with E-state index in [0.717, 1.165) is 22.9 Å². The minimum Gasteiger partial charge on any atom is -0.486 e. The van der Waals surface area contributed by atoms with Crippen LogP contribution in [-0.4, -0.2) is 11.5 Å². The molecule has 1 heterocycles. The molecule has 0 bridgehead atoms. The van der Waals surface area contributed by atoms with Crippen molar-refractivity contribution < 1.29 is 4.74 Å². The van der Waals surface area contributed by atoms with Crippen molar-refractivity contribution in [3.63, 3.8) is 0 Å². The summed E-state index contributed by atoms with van der Waals surface area (Å²) in [7, 11) is 0. The summed E-state index contributed by atoms with van der Waals surface area (Å²) < 4.78 is 5.74. The van der Waals surface area contributed by atoms with Crippen molar-refractivity contribution in [1.82, 2.24) is 4.98 Å². The van der Waals surface area contributed by atoms with E-state index in [4.69, 9.17) is 10.5 Å². The van der Waals surface area contributed by atoms with Crippen LogP contribution in [0.2, 0.25) is 0 Å². The van der Waals surface area contributed by atoms with Crippen molar-refractivity contribution in [3.8, 4) is 5.75 Å². The van der Waals surface area contributed by atoms with Gasteiger partial charge >= 0.3 is 0 Å². The number of hydrogen-bond acceptors (Lipinski definition) is 4. The fraction of sp³-hybridized carbons (Fsp3) is 0.357. The summed E-state index contributed by atoms with van der Waals surface area (Å²) in [5, 5.41) is 3.04. The summed E-state index contributed by atoms with van der Waals surface area (Å²) in [5.41, 5.74) is 9.08. The maximum atomic E-state index is 5.74. The second kappa shape index (κ2) is 5.98. The predicted octanol–water partition coefficient (Wildman–Crippen LogP) is 2.84. The van der Waals surface area contributed by atoms with E-state index in [1.165, 1.54) is 11.1 Å². The van der Waals surface area contributed by atoms with Crippen LogP contribution in [0.5, 0.6) is 5.75 Å². The van der Waals surface area contributed by atoms with Crippen molar-refractivity contribution in [2.45, 2.75) is 26.9 Å². The SMILES string of the molecule is Cc1ccc(OCc2nc(CCN)cs2)cc1C. The third-order valence-electron chi connectivity index (χ3n) is 2.84. The number of benzene rings is 1. The highest BCUT2D eigenvalue weighted by molar-refractivity contribution is 7.09. The molecular weight excluding hydrogens is 244 g/mol. The Kier molecular flexibility index (Phi) is 4.33. The van der Waals surface area contributed by atoms with Crippen LogP contribution in [0.1, 0.15) is 21.8 Å².